The molecule has 1 fully saturated rings. The van der Waals surface area contributed by atoms with Gasteiger partial charge in [-0.1, -0.05) is 66.7 Å². The number of esters is 1. The van der Waals surface area contributed by atoms with Crippen LogP contribution < -0.4 is 9.47 Å². The molecule has 208 valence electrons. The van der Waals surface area contributed by atoms with Gasteiger partial charge >= 0.3 is 5.97 Å². The average Bonchev–Trinajstić information content (AvgIpc) is 3.47. The van der Waals surface area contributed by atoms with Crippen LogP contribution in [0.25, 0.3) is 22.0 Å². The number of ether oxygens (including phenoxy) is 3. The highest BCUT2D eigenvalue weighted by Crippen LogP contribution is 2.36. The first-order valence-corrected chi connectivity index (χ1v) is 14.1. The Bertz CT molecular complexity index is 1610. The molecule has 1 saturated carbocycles. The summed E-state index contributed by atoms with van der Waals surface area (Å²) >= 11 is 0. The van der Waals surface area contributed by atoms with Crippen LogP contribution in [0.3, 0.4) is 0 Å². The normalized spacial score (nSPS) is 16.8. The fourth-order valence-corrected chi connectivity index (χ4v) is 5.43. The van der Waals surface area contributed by atoms with E-state index in [0.29, 0.717) is 25.0 Å². The fraction of sp³-hybridized carbons (Fsp3) is 0.265. The van der Waals surface area contributed by atoms with Gasteiger partial charge in [0.1, 0.15) is 13.2 Å². The molecule has 5 aromatic rings. The number of carbonyl (C=O) groups excluding carboxylic acids is 1. The van der Waals surface area contributed by atoms with Crippen molar-refractivity contribution in [3.63, 3.8) is 0 Å². The second-order valence-corrected chi connectivity index (χ2v) is 10.5. The predicted molar refractivity (Wildman–Crippen MR) is 158 cm³/mol. The molecule has 0 saturated heterocycles. The summed E-state index contributed by atoms with van der Waals surface area (Å²) in [5.41, 5.74) is 4.96. The van der Waals surface area contributed by atoms with E-state index in [0.717, 1.165) is 58.8 Å². The van der Waals surface area contributed by atoms with Crippen molar-refractivity contribution in [2.45, 2.75) is 44.9 Å². The summed E-state index contributed by atoms with van der Waals surface area (Å²) in [6, 6.07) is 30.5. The van der Waals surface area contributed by atoms with E-state index in [1.807, 2.05) is 78.9 Å². The van der Waals surface area contributed by atoms with Crippen LogP contribution in [0.2, 0.25) is 0 Å². The van der Waals surface area contributed by atoms with E-state index < -0.39 is 0 Å². The van der Waals surface area contributed by atoms with Gasteiger partial charge in [-0.25, -0.2) is 0 Å². The quantitative estimate of drug-likeness (QED) is 0.182. The molecule has 6 rings (SSSR count). The van der Waals surface area contributed by atoms with E-state index in [-0.39, 0.29) is 17.9 Å². The van der Waals surface area contributed by atoms with Gasteiger partial charge in [-0.05, 0) is 60.6 Å². The van der Waals surface area contributed by atoms with Crippen LogP contribution in [-0.4, -0.2) is 27.8 Å². The van der Waals surface area contributed by atoms with Crippen LogP contribution in [0.15, 0.2) is 97.2 Å². The van der Waals surface area contributed by atoms with Gasteiger partial charge < -0.3 is 14.2 Å². The monoisotopic (exact) mass is 547 g/mol. The summed E-state index contributed by atoms with van der Waals surface area (Å²) in [7, 11) is 1.46. The molecule has 0 aliphatic heterocycles. The first-order chi connectivity index (χ1) is 20.2. The molecule has 2 aromatic heterocycles. The molecule has 0 atom stereocenters. The Morgan fingerprint density at radius 1 is 0.829 bits per heavy atom. The lowest BCUT2D eigenvalue weighted by molar-refractivity contribution is -0.146. The highest BCUT2D eigenvalue weighted by Gasteiger charge is 2.28. The van der Waals surface area contributed by atoms with E-state index in [1.54, 1.807) is 0 Å². The van der Waals surface area contributed by atoms with Crippen LogP contribution in [-0.2, 0) is 22.7 Å². The maximum Gasteiger partial charge on any atom is 0.308 e. The van der Waals surface area contributed by atoms with E-state index in [4.69, 9.17) is 24.3 Å². The number of fused-ring (bicyclic) bond motifs is 1. The van der Waals surface area contributed by atoms with Crippen molar-refractivity contribution in [1.29, 1.82) is 0 Å². The van der Waals surface area contributed by atoms with Crippen molar-refractivity contribution < 1.29 is 19.0 Å². The van der Waals surface area contributed by atoms with Gasteiger partial charge in [0.25, 0.3) is 0 Å². The standard InChI is InChI=1S/C34H33N3O4/c1-39-34(38)26-12-15-29(16-13-26)37-21-28-20-27(14-18-31(28)36-37)30-17-19-32(40-22-24-8-4-2-5-9-24)35-33(30)41-23-25-10-6-3-7-11-25/h2-11,14,17-21,26,29H,12-13,15-16,22-23H2,1H3. The van der Waals surface area contributed by atoms with Crippen molar-refractivity contribution in [2.75, 3.05) is 7.11 Å². The average molecular weight is 548 g/mol. The van der Waals surface area contributed by atoms with Gasteiger partial charge in [-0.3, -0.25) is 9.48 Å². The minimum Gasteiger partial charge on any atom is -0.473 e. The number of hydrogen-bond acceptors (Lipinski definition) is 6. The molecule has 1 aliphatic carbocycles. The third-order valence-electron chi connectivity index (χ3n) is 7.72. The van der Waals surface area contributed by atoms with Crippen molar-refractivity contribution >= 4 is 16.9 Å². The minimum absolute atomic E-state index is 0.00529. The number of nitrogens with zero attached hydrogens (tertiary/aromatic N) is 3. The number of benzene rings is 3. The molecule has 0 bridgehead atoms. The van der Waals surface area contributed by atoms with Crippen molar-refractivity contribution in [3.05, 3.63) is 108 Å². The van der Waals surface area contributed by atoms with Crippen LogP contribution >= 0.6 is 0 Å². The lowest BCUT2D eigenvalue weighted by Gasteiger charge is -2.26. The second kappa shape index (κ2) is 12.3. The van der Waals surface area contributed by atoms with Crippen LogP contribution in [0, 0.1) is 5.92 Å². The predicted octanol–water partition coefficient (Wildman–Crippen LogP) is 7.16. The molecule has 2 heterocycles. The topological polar surface area (TPSA) is 75.5 Å². The van der Waals surface area contributed by atoms with Gasteiger partial charge in [0.15, 0.2) is 0 Å². The largest absolute Gasteiger partial charge is 0.473 e. The molecule has 0 radical (unpaired) electrons. The Balaban J connectivity index is 1.24. The summed E-state index contributed by atoms with van der Waals surface area (Å²) in [5, 5.41) is 5.91. The molecule has 3 aromatic carbocycles. The van der Waals surface area contributed by atoms with Gasteiger partial charge in [-0.15, -0.1) is 0 Å². The van der Waals surface area contributed by atoms with E-state index in [9.17, 15) is 4.79 Å². The summed E-state index contributed by atoms with van der Waals surface area (Å²) < 4.78 is 19.3. The third kappa shape index (κ3) is 6.24. The zero-order valence-corrected chi connectivity index (χ0v) is 23.1. The number of aromatic nitrogens is 3. The van der Waals surface area contributed by atoms with Gasteiger partial charge in [0.05, 0.1) is 24.6 Å². The van der Waals surface area contributed by atoms with Gasteiger partial charge in [0, 0.05) is 23.2 Å². The maximum absolute atomic E-state index is 11.9. The molecule has 7 heteroatoms. The van der Waals surface area contributed by atoms with Gasteiger partial charge in [-0.2, -0.15) is 10.1 Å². The second-order valence-electron chi connectivity index (χ2n) is 10.5. The number of hydrogen-bond donors (Lipinski definition) is 0. The Labute approximate surface area is 239 Å². The van der Waals surface area contributed by atoms with Crippen LogP contribution in [0.5, 0.6) is 11.8 Å². The van der Waals surface area contributed by atoms with Crippen molar-refractivity contribution in [3.8, 4) is 22.9 Å². The first kappa shape index (κ1) is 26.6. The van der Waals surface area contributed by atoms with Gasteiger partial charge in [0.2, 0.25) is 11.8 Å². The lowest BCUT2D eigenvalue weighted by atomic mass is 9.86. The number of methoxy groups -OCH3 is 1. The summed E-state index contributed by atoms with van der Waals surface area (Å²) in [5.74, 6) is 0.924. The van der Waals surface area contributed by atoms with Crippen molar-refractivity contribution in [1.82, 2.24) is 14.8 Å². The number of pyridine rings is 1. The molecule has 0 spiro atoms. The van der Waals surface area contributed by atoms with Crippen molar-refractivity contribution in [2.24, 2.45) is 5.92 Å². The molecule has 41 heavy (non-hydrogen) atoms. The minimum atomic E-state index is -0.103. The zero-order valence-electron chi connectivity index (χ0n) is 23.1. The van der Waals surface area contributed by atoms with Crippen LogP contribution in [0.1, 0.15) is 42.9 Å². The summed E-state index contributed by atoms with van der Waals surface area (Å²) in [6.07, 6.45) is 5.58. The first-order valence-electron chi connectivity index (χ1n) is 14.1. The Kier molecular flexibility index (Phi) is 7.94. The Morgan fingerprint density at radius 2 is 1.51 bits per heavy atom. The van der Waals surface area contributed by atoms with E-state index in [2.05, 4.69) is 23.0 Å². The Morgan fingerprint density at radius 3 is 2.20 bits per heavy atom. The lowest BCUT2D eigenvalue weighted by Crippen LogP contribution is -2.24. The maximum atomic E-state index is 11.9. The van der Waals surface area contributed by atoms with E-state index in [1.165, 1.54) is 7.11 Å². The highest BCUT2D eigenvalue weighted by atomic mass is 16.5. The summed E-state index contributed by atoms with van der Waals surface area (Å²) in [4.78, 5) is 16.7. The molecular formula is C34H33N3O4. The highest BCUT2D eigenvalue weighted by molar-refractivity contribution is 5.85. The molecule has 0 N–H and O–H groups in total. The fourth-order valence-electron chi connectivity index (χ4n) is 5.43. The molecular weight excluding hydrogens is 514 g/mol. The molecule has 1 aliphatic rings. The Hall–Kier alpha value is -4.65. The van der Waals surface area contributed by atoms with Crippen LogP contribution in [0.4, 0.5) is 0 Å². The molecule has 7 nitrogen and oxygen atoms in total. The summed E-state index contributed by atoms with van der Waals surface area (Å²) in [6.45, 7) is 0.829. The number of rotatable bonds is 9. The third-order valence-corrected chi connectivity index (χ3v) is 7.72. The SMILES string of the molecule is COC(=O)C1CCC(n2cc3cc(-c4ccc(OCc5ccccc5)nc4OCc4ccccc4)ccc3n2)CC1. The molecule has 0 unspecified atom stereocenters. The zero-order chi connectivity index (χ0) is 28.0. The number of carbonyl (C=O) groups is 1. The van der Waals surface area contributed by atoms with E-state index >= 15 is 0 Å². The molecule has 0 amide bonds. The smallest absolute Gasteiger partial charge is 0.308 e.